The molecular formula is C21H23N9O. The third-order valence-corrected chi connectivity index (χ3v) is 5.48. The monoisotopic (exact) mass is 417 g/mol. The van der Waals surface area contributed by atoms with Gasteiger partial charge in [0.1, 0.15) is 11.8 Å². The summed E-state index contributed by atoms with van der Waals surface area (Å²) in [6.07, 6.45) is 8.05. The predicted molar refractivity (Wildman–Crippen MR) is 112 cm³/mol. The van der Waals surface area contributed by atoms with Crippen molar-refractivity contribution in [3.8, 4) is 11.8 Å². The zero-order valence-electron chi connectivity index (χ0n) is 17.4. The fourth-order valence-electron chi connectivity index (χ4n) is 3.83. The highest BCUT2D eigenvalue weighted by Gasteiger charge is 2.34. The van der Waals surface area contributed by atoms with E-state index in [4.69, 9.17) is 5.26 Å². The van der Waals surface area contributed by atoms with Crippen LogP contribution in [0, 0.1) is 24.2 Å². The van der Waals surface area contributed by atoms with Gasteiger partial charge in [-0.3, -0.25) is 4.79 Å². The van der Waals surface area contributed by atoms with Gasteiger partial charge < -0.3 is 10.2 Å². The maximum Gasteiger partial charge on any atom is 0.275 e. The lowest BCUT2D eigenvalue weighted by Gasteiger charge is -2.40. The van der Waals surface area contributed by atoms with Gasteiger partial charge in [0.05, 0.1) is 36.4 Å². The number of rotatable bonds is 5. The van der Waals surface area contributed by atoms with E-state index in [1.165, 1.54) is 17.2 Å². The number of aromatic nitrogens is 6. The van der Waals surface area contributed by atoms with Crippen LogP contribution < -0.4 is 5.32 Å². The second kappa shape index (κ2) is 8.87. The minimum atomic E-state index is -0.143. The minimum Gasteiger partial charge on any atom is -0.352 e. The van der Waals surface area contributed by atoms with Crippen molar-refractivity contribution < 1.29 is 4.79 Å². The van der Waals surface area contributed by atoms with Crippen LogP contribution in [-0.4, -0.2) is 59.9 Å². The van der Waals surface area contributed by atoms with Crippen molar-refractivity contribution in [2.75, 3.05) is 18.4 Å². The minimum absolute atomic E-state index is 0.0544. The number of carbonyl (C=O) groups excluding carboxylic acids is 1. The molecule has 0 aromatic carbocycles. The fourth-order valence-corrected chi connectivity index (χ4v) is 3.83. The van der Waals surface area contributed by atoms with E-state index in [2.05, 4.69) is 37.4 Å². The normalized spacial score (nSPS) is 18.4. The van der Waals surface area contributed by atoms with Crippen LogP contribution in [0.15, 0.2) is 36.9 Å². The first kappa shape index (κ1) is 20.4. The van der Waals surface area contributed by atoms with Crippen LogP contribution in [-0.2, 0) is 0 Å². The first-order valence-corrected chi connectivity index (χ1v) is 10.2. The molecule has 4 rings (SSSR count). The number of amides is 1. The standard InChI is InChI=1S/C21H23N9O/c1-14-4-3-9-29(18(14)13-25-21-23-11-16(10-22)12-24-21)20(31)19-17(6-5-15(2)28-19)30-26-7-8-27-30/h5-8,11-12,14,18H,3-4,9,13H2,1-2H3,(H,23,24,25)/t14-,18-/m1/s1. The van der Waals surface area contributed by atoms with Gasteiger partial charge in [-0.25, -0.2) is 15.0 Å². The van der Waals surface area contributed by atoms with E-state index in [9.17, 15) is 4.79 Å². The number of nitriles is 1. The number of aryl methyl sites for hydroxylation is 1. The Morgan fingerprint density at radius 3 is 2.71 bits per heavy atom. The van der Waals surface area contributed by atoms with Crippen LogP contribution >= 0.6 is 0 Å². The van der Waals surface area contributed by atoms with Crippen LogP contribution in [0.2, 0.25) is 0 Å². The molecule has 3 aromatic heterocycles. The molecule has 0 bridgehead atoms. The average molecular weight is 417 g/mol. The molecule has 1 saturated heterocycles. The summed E-state index contributed by atoms with van der Waals surface area (Å²) >= 11 is 0. The summed E-state index contributed by atoms with van der Waals surface area (Å²) < 4.78 is 0. The van der Waals surface area contributed by atoms with Gasteiger partial charge >= 0.3 is 0 Å². The number of hydrogen-bond donors (Lipinski definition) is 1. The molecule has 1 N–H and O–H groups in total. The molecule has 3 aromatic rings. The maximum absolute atomic E-state index is 13.6. The number of pyridine rings is 1. The van der Waals surface area contributed by atoms with E-state index in [-0.39, 0.29) is 11.9 Å². The average Bonchev–Trinajstić information content (AvgIpc) is 3.32. The number of anilines is 1. The first-order chi connectivity index (χ1) is 15.1. The lowest BCUT2D eigenvalue weighted by Crippen LogP contribution is -2.51. The molecule has 158 valence electrons. The van der Waals surface area contributed by atoms with Crippen molar-refractivity contribution in [2.24, 2.45) is 5.92 Å². The van der Waals surface area contributed by atoms with Crippen LogP contribution in [0.5, 0.6) is 0 Å². The Bertz CT molecular complexity index is 1090. The molecule has 10 heteroatoms. The first-order valence-electron chi connectivity index (χ1n) is 10.2. The number of nitrogens with one attached hydrogen (secondary N) is 1. The zero-order valence-corrected chi connectivity index (χ0v) is 17.4. The van der Waals surface area contributed by atoms with Crippen LogP contribution in [0.4, 0.5) is 5.95 Å². The number of carbonyl (C=O) groups is 1. The summed E-state index contributed by atoms with van der Waals surface area (Å²) in [5, 5.41) is 20.5. The molecule has 1 aliphatic rings. The summed E-state index contributed by atoms with van der Waals surface area (Å²) in [5.41, 5.74) is 2.05. The van der Waals surface area contributed by atoms with E-state index in [1.54, 1.807) is 12.4 Å². The van der Waals surface area contributed by atoms with Crippen molar-refractivity contribution in [1.29, 1.82) is 5.26 Å². The van der Waals surface area contributed by atoms with Gasteiger partial charge in [0.2, 0.25) is 5.95 Å². The van der Waals surface area contributed by atoms with E-state index < -0.39 is 0 Å². The lowest BCUT2D eigenvalue weighted by atomic mass is 9.90. The second-order valence-corrected chi connectivity index (χ2v) is 7.61. The van der Waals surface area contributed by atoms with E-state index in [1.807, 2.05) is 30.0 Å². The summed E-state index contributed by atoms with van der Waals surface area (Å²) in [6.45, 7) is 5.15. The van der Waals surface area contributed by atoms with Crippen LogP contribution in [0.25, 0.3) is 5.69 Å². The molecule has 1 amide bonds. The van der Waals surface area contributed by atoms with Gasteiger partial charge in [-0.05, 0) is 37.8 Å². The highest BCUT2D eigenvalue weighted by molar-refractivity contribution is 5.96. The largest absolute Gasteiger partial charge is 0.352 e. The van der Waals surface area contributed by atoms with Gasteiger partial charge in [-0.15, -0.1) is 4.80 Å². The van der Waals surface area contributed by atoms with Crippen molar-refractivity contribution in [3.05, 3.63) is 53.9 Å². The predicted octanol–water partition coefficient (Wildman–Crippen LogP) is 1.99. The number of nitrogens with zero attached hydrogens (tertiary/aromatic N) is 8. The highest BCUT2D eigenvalue weighted by Crippen LogP contribution is 2.26. The van der Waals surface area contributed by atoms with E-state index >= 15 is 0 Å². The highest BCUT2D eigenvalue weighted by atomic mass is 16.2. The number of likely N-dealkylation sites (tertiary alicyclic amines) is 1. The molecule has 1 aliphatic heterocycles. The fraction of sp³-hybridized carbons (Fsp3) is 0.381. The Labute approximate surface area is 180 Å². The molecule has 0 unspecified atom stereocenters. The molecule has 4 heterocycles. The van der Waals surface area contributed by atoms with Crippen molar-refractivity contribution >= 4 is 11.9 Å². The van der Waals surface area contributed by atoms with Crippen molar-refractivity contribution in [1.82, 2.24) is 34.8 Å². The molecule has 2 atom stereocenters. The van der Waals surface area contributed by atoms with Gasteiger partial charge in [0, 0.05) is 18.8 Å². The van der Waals surface area contributed by atoms with Crippen molar-refractivity contribution in [3.63, 3.8) is 0 Å². The Morgan fingerprint density at radius 2 is 2.00 bits per heavy atom. The summed E-state index contributed by atoms with van der Waals surface area (Å²) in [6, 6.07) is 5.61. The molecule has 0 saturated carbocycles. The molecule has 0 spiro atoms. The topological polar surface area (TPSA) is 126 Å². The Balaban J connectivity index is 1.58. The third-order valence-electron chi connectivity index (χ3n) is 5.48. The molecule has 31 heavy (non-hydrogen) atoms. The molecule has 1 fully saturated rings. The molecule has 0 radical (unpaired) electrons. The number of hydrogen-bond acceptors (Lipinski definition) is 8. The Hall–Kier alpha value is -3.87. The third kappa shape index (κ3) is 4.35. The molecule has 0 aliphatic carbocycles. The molecule has 10 nitrogen and oxygen atoms in total. The molecular weight excluding hydrogens is 394 g/mol. The van der Waals surface area contributed by atoms with Gasteiger partial charge in [0.25, 0.3) is 5.91 Å². The number of piperidine rings is 1. The lowest BCUT2D eigenvalue weighted by molar-refractivity contribution is 0.0533. The van der Waals surface area contributed by atoms with Crippen molar-refractivity contribution in [2.45, 2.75) is 32.7 Å². The van der Waals surface area contributed by atoms with Gasteiger partial charge in [-0.2, -0.15) is 15.5 Å². The van der Waals surface area contributed by atoms with E-state index in [0.717, 1.165) is 18.5 Å². The SMILES string of the molecule is Cc1ccc(-n2nccn2)c(C(=O)N2CCC[C@@H](C)[C@H]2CNc2ncc(C#N)cn2)n1. The van der Waals surface area contributed by atoms with Crippen LogP contribution in [0.3, 0.4) is 0 Å². The Morgan fingerprint density at radius 1 is 1.26 bits per heavy atom. The second-order valence-electron chi connectivity index (χ2n) is 7.61. The Kier molecular flexibility index (Phi) is 5.84. The zero-order chi connectivity index (χ0) is 21.8. The summed E-state index contributed by atoms with van der Waals surface area (Å²) in [7, 11) is 0. The van der Waals surface area contributed by atoms with E-state index in [0.29, 0.717) is 41.9 Å². The van der Waals surface area contributed by atoms with Crippen LogP contribution in [0.1, 0.15) is 41.5 Å². The summed E-state index contributed by atoms with van der Waals surface area (Å²) in [4.78, 5) is 29.8. The summed E-state index contributed by atoms with van der Waals surface area (Å²) in [5.74, 6) is 0.578. The van der Waals surface area contributed by atoms with Gasteiger partial charge in [-0.1, -0.05) is 6.92 Å². The van der Waals surface area contributed by atoms with Gasteiger partial charge in [0.15, 0.2) is 5.69 Å². The quantitative estimate of drug-likeness (QED) is 0.668. The smallest absolute Gasteiger partial charge is 0.275 e. The maximum atomic E-state index is 13.6.